The fourth-order valence-corrected chi connectivity index (χ4v) is 5.59. The number of halogens is 6. The van der Waals surface area contributed by atoms with E-state index in [1.165, 1.54) is 34.9 Å². The maximum absolute atomic E-state index is 13.2. The van der Waals surface area contributed by atoms with Gasteiger partial charge in [0.25, 0.3) is 0 Å². The summed E-state index contributed by atoms with van der Waals surface area (Å²) in [5.41, 5.74) is 10.9. The first-order valence-electron chi connectivity index (χ1n) is 13.8. The summed E-state index contributed by atoms with van der Waals surface area (Å²) in [7, 11) is 0. The topological polar surface area (TPSA) is 96.7 Å². The van der Waals surface area contributed by atoms with Crippen LogP contribution in [0.5, 0.6) is 5.75 Å². The molecule has 1 unspecified atom stereocenters. The Bertz CT molecular complexity index is 1750. The second-order valence-corrected chi connectivity index (χ2v) is 11.6. The van der Waals surface area contributed by atoms with Gasteiger partial charge in [0.2, 0.25) is 5.91 Å². The van der Waals surface area contributed by atoms with Crippen molar-refractivity contribution in [1.82, 2.24) is 25.6 Å². The van der Waals surface area contributed by atoms with E-state index >= 15 is 0 Å². The van der Waals surface area contributed by atoms with Crippen LogP contribution in [0, 0.1) is 13.8 Å². The van der Waals surface area contributed by atoms with Crippen LogP contribution in [0.2, 0.25) is 5.02 Å². The summed E-state index contributed by atoms with van der Waals surface area (Å²) in [5.74, 6) is -0.0784. The number of ether oxygens (including phenoxy) is 1. The van der Waals surface area contributed by atoms with Crippen molar-refractivity contribution < 1.29 is 31.5 Å². The van der Waals surface area contributed by atoms with Crippen molar-refractivity contribution in [2.24, 2.45) is 4.99 Å². The first kappa shape index (κ1) is 33.3. The number of carbonyl (C=O) groups is 1. The number of anilines is 1. The number of aryl methyl sites for hydroxylation is 1. The number of amidine groups is 1. The van der Waals surface area contributed by atoms with E-state index in [0.717, 1.165) is 28.8 Å². The molecule has 0 saturated carbocycles. The monoisotopic (exact) mass is 679 g/mol. The van der Waals surface area contributed by atoms with Gasteiger partial charge in [-0.1, -0.05) is 53.7 Å². The Morgan fingerprint density at radius 2 is 1.74 bits per heavy atom. The maximum Gasteiger partial charge on any atom is 0.499 e. The van der Waals surface area contributed by atoms with Crippen LogP contribution in [0.1, 0.15) is 29.7 Å². The van der Waals surface area contributed by atoms with E-state index in [1.54, 1.807) is 11.0 Å². The average molecular weight is 680 g/mol. The lowest BCUT2D eigenvalue weighted by Gasteiger charge is -2.21. The molecule has 3 aromatic carbocycles. The van der Waals surface area contributed by atoms with Crippen LogP contribution in [-0.4, -0.2) is 50.5 Å². The third kappa shape index (κ3) is 7.17. The molecule has 1 amide bonds. The summed E-state index contributed by atoms with van der Waals surface area (Å²) >= 11 is 7.80. The first-order chi connectivity index (χ1) is 21.7. The molecule has 2 N–H and O–H groups in total. The standard InChI is InChI=1S/C30H27ClF5N7O2S/c1-17-4-13-24(31)26(18(17)2)43-25(44)14-46-28(43)37-15-39-40-19(3)20-5-7-21(8-6-20)27-38-16-42(41-27)22-9-11-23(12-10-22)45-30(35,36)29(32,33)34/h4-13,16,19,39-40H,14-15H2,1-3H3/b37-28-. The average Bonchev–Trinajstić information content (AvgIpc) is 3.65. The van der Waals surface area contributed by atoms with Gasteiger partial charge in [-0.25, -0.2) is 25.5 Å². The molecule has 242 valence electrons. The molecule has 1 aliphatic heterocycles. The molecule has 16 heteroatoms. The van der Waals surface area contributed by atoms with Crippen molar-refractivity contribution in [3.05, 3.63) is 88.7 Å². The van der Waals surface area contributed by atoms with E-state index in [9.17, 15) is 26.7 Å². The molecule has 46 heavy (non-hydrogen) atoms. The van der Waals surface area contributed by atoms with Gasteiger partial charge in [0.05, 0.1) is 22.2 Å². The molecule has 0 spiro atoms. The van der Waals surface area contributed by atoms with Crippen LogP contribution in [0.4, 0.5) is 27.6 Å². The number of aliphatic imine (C=N–C) groups is 1. The van der Waals surface area contributed by atoms with E-state index < -0.39 is 18.0 Å². The highest BCUT2D eigenvalue weighted by Gasteiger charge is 2.61. The molecule has 1 atom stereocenters. The Labute approximate surface area is 269 Å². The molecular formula is C30H27ClF5N7O2S. The minimum Gasteiger partial charge on any atom is -0.426 e. The highest BCUT2D eigenvalue weighted by atomic mass is 35.5. The number of nitrogens with one attached hydrogen (secondary N) is 2. The number of thioether (sulfide) groups is 1. The second-order valence-electron chi connectivity index (χ2n) is 10.2. The van der Waals surface area contributed by atoms with Gasteiger partial charge in [-0.15, -0.1) is 5.10 Å². The van der Waals surface area contributed by atoms with E-state index in [1.807, 2.05) is 51.1 Å². The van der Waals surface area contributed by atoms with E-state index in [0.29, 0.717) is 33.0 Å². The minimum absolute atomic E-state index is 0.0835. The number of amides is 1. The van der Waals surface area contributed by atoms with Crippen LogP contribution < -0.4 is 20.5 Å². The molecule has 9 nitrogen and oxygen atoms in total. The molecule has 0 radical (unpaired) electrons. The molecule has 1 aromatic heterocycles. The Hall–Kier alpha value is -4.05. The zero-order valence-corrected chi connectivity index (χ0v) is 26.1. The number of hydrogen-bond acceptors (Lipinski definition) is 8. The number of alkyl halides is 5. The zero-order valence-electron chi connectivity index (χ0n) is 24.6. The highest BCUT2D eigenvalue weighted by molar-refractivity contribution is 8.15. The predicted molar refractivity (Wildman–Crippen MR) is 166 cm³/mol. The molecule has 1 aliphatic rings. The first-order valence-corrected chi connectivity index (χ1v) is 15.1. The van der Waals surface area contributed by atoms with Gasteiger partial charge in [0, 0.05) is 11.6 Å². The summed E-state index contributed by atoms with van der Waals surface area (Å²) in [4.78, 5) is 23.1. The fraction of sp³-hybridized carbons (Fsp3) is 0.267. The second kappa shape index (κ2) is 13.4. The summed E-state index contributed by atoms with van der Waals surface area (Å²) in [6, 6.07) is 15.6. The van der Waals surface area contributed by atoms with Crippen LogP contribution in [0.15, 0.2) is 72.0 Å². The smallest absolute Gasteiger partial charge is 0.426 e. The Kier molecular flexibility index (Phi) is 9.67. The van der Waals surface area contributed by atoms with Crippen molar-refractivity contribution >= 4 is 40.1 Å². The number of benzene rings is 3. The lowest BCUT2D eigenvalue weighted by Crippen LogP contribution is -2.41. The number of aromatic nitrogens is 3. The van der Waals surface area contributed by atoms with Gasteiger partial charge in [-0.05, 0) is 67.8 Å². The number of rotatable bonds is 10. The van der Waals surface area contributed by atoms with Crippen molar-refractivity contribution in [2.75, 3.05) is 17.3 Å². The lowest BCUT2D eigenvalue weighted by molar-refractivity contribution is -0.360. The molecule has 1 fully saturated rings. The van der Waals surface area contributed by atoms with E-state index in [-0.39, 0.29) is 24.4 Å². The SMILES string of the molecule is Cc1ccc(Cl)c(N2C(=O)CS/C2=N\CNNC(C)c2ccc(-c3ncn(-c4ccc(OC(F)(F)C(F)(F)F)cc4)n3)cc2)c1C. The summed E-state index contributed by atoms with van der Waals surface area (Å²) in [5, 5.41) is 5.42. The van der Waals surface area contributed by atoms with Gasteiger partial charge in [-0.2, -0.15) is 22.0 Å². The predicted octanol–water partition coefficient (Wildman–Crippen LogP) is 6.99. The summed E-state index contributed by atoms with van der Waals surface area (Å²) in [6.45, 7) is 6.05. The van der Waals surface area contributed by atoms with Crippen molar-refractivity contribution in [3.8, 4) is 22.8 Å². The minimum atomic E-state index is -5.84. The Balaban J connectivity index is 1.17. The fourth-order valence-electron chi connectivity index (χ4n) is 4.44. The third-order valence-electron chi connectivity index (χ3n) is 7.09. The van der Waals surface area contributed by atoms with Gasteiger partial charge < -0.3 is 4.74 Å². The van der Waals surface area contributed by atoms with E-state index in [4.69, 9.17) is 11.6 Å². The van der Waals surface area contributed by atoms with Crippen molar-refractivity contribution in [1.29, 1.82) is 0 Å². The molecule has 2 heterocycles. The lowest BCUT2D eigenvalue weighted by atomic mass is 10.1. The number of hydrazine groups is 1. The number of carbonyl (C=O) groups excluding carboxylic acids is 1. The summed E-state index contributed by atoms with van der Waals surface area (Å²) < 4.78 is 68.7. The van der Waals surface area contributed by atoms with Crippen LogP contribution in [0.25, 0.3) is 17.1 Å². The van der Waals surface area contributed by atoms with Crippen LogP contribution in [-0.2, 0) is 4.79 Å². The third-order valence-corrected chi connectivity index (χ3v) is 8.36. The largest absolute Gasteiger partial charge is 0.499 e. The van der Waals surface area contributed by atoms with Gasteiger partial charge in [-0.3, -0.25) is 9.69 Å². The van der Waals surface area contributed by atoms with Crippen LogP contribution in [0.3, 0.4) is 0 Å². The highest BCUT2D eigenvalue weighted by Crippen LogP contribution is 2.38. The van der Waals surface area contributed by atoms with Gasteiger partial charge in [0.15, 0.2) is 11.0 Å². The quantitative estimate of drug-likeness (QED) is 0.106. The Morgan fingerprint density at radius 3 is 2.41 bits per heavy atom. The molecule has 5 rings (SSSR count). The molecule has 4 aromatic rings. The van der Waals surface area contributed by atoms with Gasteiger partial charge >= 0.3 is 12.3 Å². The normalized spacial score (nSPS) is 15.5. The van der Waals surface area contributed by atoms with E-state index in [2.05, 4.69) is 30.7 Å². The Morgan fingerprint density at radius 1 is 1.04 bits per heavy atom. The number of hydrogen-bond donors (Lipinski definition) is 2. The maximum atomic E-state index is 13.2. The van der Waals surface area contributed by atoms with Crippen molar-refractivity contribution in [2.45, 2.75) is 39.1 Å². The van der Waals surface area contributed by atoms with Gasteiger partial charge in [0.1, 0.15) is 18.7 Å². The molecule has 0 bridgehead atoms. The van der Waals surface area contributed by atoms with Crippen molar-refractivity contribution in [3.63, 3.8) is 0 Å². The number of nitrogens with zero attached hydrogens (tertiary/aromatic N) is 5. The molecule has 0 aliphatic carbocycles. The molecular weight excluding hydrogens is 653 g/mol. The zero-order chi connectivity index (χ0) is 33.2. The molecule has 1 saturated heterocycles. The van der Waals surface area contributed by atoms with Crippen LogP contribution >= 0.6 is 23.4 Å². The summed E-state index contributed by atoms with van der Waals surface area (Å²) in [6.07, 6.45) is -9.75.